The molecule has 0 spiro atoms. The first kappa shape index (κ1) is 13.9. The maximum atomic E-state index is 11.9. The molecule has 0 amide bonds. The zero-order valence-electron chi connectivity index (χ0n) is 11.8. The number of carbonyl (C=O) groups is 1. The fourth-order valence-electron chi connectivity index (χ4n) is 2.66. The number of nitrogen functional groups attached to an aromatic ring is 1. The number of rotatable bonds is 4. The van der Waals surface area contributed by atoms with Gasteiger partial charge in [0.05, 0.1) is 12.3 Å². The van der Waals surface area contributed by atoms with Gasteiger partial charge in [-0.05, 0) is 38.9 Å². The molecule has 1 aliphatic rings. The average molecular weight is 265 g/mol. The zero-order chi connectivity index (χ0) is 13.8. The lowest BCUT2D eigenvalue weighted by Gasteiger charge is -2.32. The highest BCUT2D eigenvalue weighted by molar-refractivity contribution is 5.89. The van der Waals surface area contributed by atoms with Crippen molar-refractivity contribution in [3.63, 3.8) is 0 Å². The van der Waals surface area contributed by atoms with Crippen LogP contribution < -0.4 is 5.73 Å². The van der Waals surface area contributed by atoms with Gasteiger partial charge in [0.1, 0.15) is 5.69 Å². The van der Waals surface area contributed by atoms with Crippen molar-refractivity contribution >= 4 is 11.7 Å². The molecule has 1 saturated heterocycles. The van der Waals surface area contributed by atoms with Gasteiger partial charge in [0.2, 0.25) is 0 Å². The van der Waals surface area contributed by atoms with Gasteiger partial charge in [-0.1, -0.05) is 6.42 Å². The molecule has 2 heterocycles. The van der Waals surface area contributed by atoms with Gasteiger partial charge in [-0.15, -0.1) is 0 Å². The molecule has 0 bridgehead atoms. The fraction of sp³-hybridized carbons (Fsp3) is 0.643. The Balaban J connectivity index is 1.79. The lowest BCUT2D eigenvalue weighted by molar-refractivity contribution is 0.0439. The molecular formula is C14H23N3O2. The largest absolute Gasteiger partial charge is 0.461 e. The van der Waals surface area contributed by atoms with E-state index in [-0.39, 0.29) is 5.97 Å². The van der Waals surface area contributed by atoms with E-state index in [1.165, 1.54) is 19.3 Å². The van der Waals surface area contributed by atoms with Gasteiger partial charge in [-0.25, -0.2) is 4.79 Å². The second-order valence-electron chi connectivity index (χ2n) is 5.32. The minimum absolute atomic E-state index is 0.294. The van der Waals surface area contributed by atoms with E-state index in [0.29, 0.717) is 24.0 Å². The number of anilines is 1. The summed E-state index contributed by atoms with van der Waals surface area (Å²) in [7, 11) is 3.94. The van der Waals surface area contributed by atoms with Crippen LogP contribution in [0.1, 0.15) is 36.2 Å². The Kier molecular flexibility index (Phi) is 4.47. The predicted molar refractivity (Wildman–Crippen MR) is 75.0 cm³/mol. The molecule has 19 heavy (non-hydrogen) atoms. The Morgan fingerprint density at radius 2 is 2.26 bits per heavy atom. The molecule has 1 aromatic heterocycles. The van der Waals surface area contributed by atoms with Crippen LogP contribution in [-0.4, -0.2) is 41.7 Å². The van der Waals surface area contributed by atoms with Crippen molar-refractivity contribution < 1.29 is 9.53 Å². The Morgan fingerprint density at radius 1 is 1.47 bits per heavy atom. The quantitative estimate of drug-likeness (QED) is 0.841. The van der Waals surface area contributed by atoms with E-state index in [9.17, 15) is 4.79 Å². The molecular weight excluding hydrogens is 242 g/mol. The smallest absolute Gasteiger partial charge is 0.355 e. The van der Waals surface area contributed by atoms with Gasteiger partial charge >= 0.3 is 5.97 Å². The van der Waals surface area contributed by atoms with Crippen LogP contribution in [0, 0.1) is 0 Å². The summed E-state index contributed by atoms with van der Waals surface area (Å²) in [5, 5.41) is 0. The summed E-state index contributed by atoms with van der Waals surface area (Å²) in [6, 6.07) is 2.19. The first-order chi connectivity index (χ1) is 9.08. The number of piperidine rings is 1. The summed E-state index contributed by atoms with van der Waals surface area (Å²) in [6.45, 7) is 1.62. The van der Waals surface area contributed by atoms with Crippen molar-refractivity contribution in [2.45, 2.75) is 31.7 Å². The maximum Gasteiger partial charge on any atom is 0.355 e. The highest BCUT2D eigenvalue weighted by atomic mass is 16.5. The highest BCUT2D eigenvalue weighted by Crippen LogP contribution is 2.18. The summed E-state index contributed by atoms with van der Waals surface area (Å²) < 4.78 is 7.03. The third-order valence-corrected chi connectivity index (χ3v) is 3.84. The SMILES string of the molecule is CN1CCCCC1CCOC(=O)c1cc(N)cn1C. The van der Waals surface area contributed by atoms with Gasteiger partial charge in [0.15, 0.2) is 0 Å². The third kappa shape index (κ3) is 3.50. The first-order valence-electron chi connectivity index (χ1n) is 6.87. The van der Waals surface area contributed by atoms with Crippen molar-refractivity contribution in [1.29, 1.82) is 0 Å². The van der Waals surface area contributed by atoms with Crippen LogP contribution in [0.3, 0.4) is 0 Å². The van der Waals surface area contributed by atoms with E-state index in [1.807, 2.05) is 0 Å². The van der Waals surface area contributed by atoms with Gasteiger partial charge < -0.3 is 19.9 Å². The van der Waals surface area contributed by atoms with Crippen molar-refractivity contribution in [1.82, 2.24) is 9.47 Å². The minimum atomic E-state index is -0.294. The standard InChI is InChI=1S/C14H23N3O2/c1-16-7-4-3-5-12(16)6-8-19-14(18)13-9-11(15)10-17(13)2/h9-10,12H,3-8,15H2,1-2H3. The molecule has 0 aromatic carbocycles. The lowest BCUT2D eigenvalue weighted by Crippen LogP contribution is -2.37. The number of likely N-dealkylation sites (tertiary alicyclic amines) is 1. The number of hydrogen-bond donors (Lipinski definition) is 1. The van der Waals surface area contributed by atoms with Crippen molar-refractivity contribution in [3.05, 3.63) is 18.0 Å². The molecule has 1 aromatic rings. The highest BCUT2D eigenvalue weighted by Gasteiger charge is 2.19. The van der Waals surface area contributed by atoms with Crippen LogP contribution in [-0.2, 0) is 11.8 Å². The average Bonchev–Trinajstić information content (AvgIpc) is 2.71. The molecule has 1 atom stereocenters. The number of aryl methyl sites for hydroxylation is 1. The molecule has 2 N–H and O–H groups in total. The van der Waals surface area contributed by atoms with Crippen molar-refractivity contribution in [2.75, 3.05) is 25.9 Å². The van der Waals surface area contributed by atoms with Crippen LogP contribution in [0.15, 0.2) is 12.3 Å². The molecule has 5 nitrogen and oxygen atoms in total. The van der Waals surface area contributed by atoms with E-state index in [0.717, 1.165) is 13.0 Å². The summed E-state index contributed by atoms with van der Waals surface area (Å²) in [5.41, 5.74) is 6.74. The zero-order valence-corrected chi connectivity index (χ0v) is 11.8. The van der Waals surface area contributed by atoms with Gasteiger partial charge in [-0.3, -0.25) is 0 Å². The summed E-state index contributed by atoms with van der Waals surface area (Å²) >= 11 is 0. The molecule has 0 radical (unpaired) electrons. The third-order valence-electron chi connectivity index (χ3n) is 3.84. The number of ether oxygens (including phenoxy) is 1. The number of hydrogen-bond acceptors (Lipinski definition) is 4. The van der Waals surface area contributed by atoms with E-state index in [1.54, 1.807) is 23.9 Å². The second-order valence-corrected chi connectivity index (χ2v) is 5.32. The van der Waals surface area contributed by atoms with Gasteiger partial charge in [-0.2, -0.15) is 0 Å². The number of nitrogens with two attached hydrogens (primary N) is 1. The van der Waals surface area contributed by atoms with Crippen LogP contribution in [0.2, 0.25) is 0 Å². The Hall–Kier alpha value is -1.49. The molecule has 0 aliphatic carbocycles. The molecule has 2 rings (SSSR count). The van der Waals surface area contributed by atoms with Crippen LogP contribution in [0.5, 0.6) is 0 Å². The summed E-state index contributed by atoms with van der Waals surface area (Å²) in [4.78, 5) is 14.2. The van der Waals surface area contributed by atoms with E-state index in [4.69, 9.17) is 10.5 Å². The molecule has 1 unspecified atom stereocenters. The lowest BCUT2D eigenvalue weighted by atomic mass is 10.0. The first-order valence-corrected chi connectivity index (χ1v) is 6.87. The van der Waals surface area contributed by atoms with Crippen LogP contribution >= 0.6 is 0 Å². The normalized spacial score (nSPS) is 20.4. The minimum Gasteiger partial charge on any atom is -0.461 e. The van der Waals surface area contributed by atoms with Gasteiger partial charge in [0, 0.05) is 19.3 Å². The Labute approximate surface area is 114 Å². The number of carbonyl (C=O) groups excluding carboxylic acids is 1. The topological polar surface area (TPSA) is 60.5 Å². The molecule has 106 valence electrons. The summed E-state index contributed by atoms with van der Waals surface area (Å²) in [5.74, 6) is -0.294. The van der Waals surface area contributed by atoms with Crippen LogP contribution in [0.4, 0.5) is 5.69 Å². The monoisotopic (exact) mass is 265 g/mol. The number of aromatic nitrogens is 1. The van der Waals surface area contributed by atoms with Crippen molar-refractivity contribution in [3.8, 4) is 0 Å². The van der Waals surface area contributed by atoms with Gasteiger partial charge in [0.25, 0.3) is 0 Å². The van der Waals surface area contributed by atoms with E-state index < -0.39 is 0 Å². The van der Waals surface area contributed by atoms with E-state index >= 15 is 0 Å². The van der Waals surface area contributed by atoms with Crippen molar-refractivity contribution in [2.24, 2.45) is 7.05 Å². The second kappa shape index (κ2) is 6.10. The molecule has 1 aliphatic heterocycles. The van der Waals surface area contributed by atoms with E-state index in [2.05, 4.69) is 11.9 Å². The fourth-order valence-corrected chi connectivity index (χ4v) is 2.66. The van der Waals surface area contributed by atoms with Crippen LogP contribution in [0.25, 0.3) is 0 Å². The number of esters is 1. The predicted octanol–water partition coefficient (Wildman–Crippen LogP) is 1.64. The maximum absolute atomic E-state index is 11.9. The Bertz CT molecular complexity index is 442. The number of nitrogens with zero attached hydrogens (tertiary/aromatic N) is 2. The molecule has 5 heteroatoms. The summed E-state index contributed by atoms with van der Waals surface area (Å²) in [6.07, 6.45) is 6.37. The molecule has 1 fully saturated rings. The Morgan fingerprint density at radius 3 is 2.89 bits per heavy atom. The molecule has 0 saturated carbocycles.